The van der Waals surface area contributed by atoms with E-state index in [0.717, 1.165) is 13.0 Å². The second-order valence-electron chi connectivity index (χ2n) is 4.40. The van der Waals surface area contributed by atoms with Gasteiger partial charge >= 0.3 is 0 Å². The Balaban J connectivity index is 2.32. The molecule has 1 N–H and O–H groups in total. The Kier molecular flexibility index (Phi) is 6.09. The second-order valence-corrected chi connectivity index (χ2v) is 4.40. The number of hydrogen-bond donors (Lipinski definition) is 1. The van der Waals surface area contributed by atoms with Crippen LogP contribution in [-0.2, 0) is 6.42 Å². The molecular formula is C14H24N2. The van der Waals surface area contributed by atoms with E-state index in [1.807, 2.05) is 12.4 Å². The first kappa shape index (κ1) is 13.2. The van der Waals surface area contributed by atoms with Crippen molar-refractivity contribution in [3.05, 3.63) is 29.6 Å². The first-order valence-corrected chi connectivity index (χ1v) is 6.40. The molecule has 16 heavy (non-hydrogen) atoms. The number of pyridine rings is 1. The average molecular weight is 220 g/mol. The Morgan fingerprint density at radius 2 is 2.19 bits per heavy atom. The van der Waals surface area contributed by atoms with Gasteiger partial charge in [-0.05, 0) is 49.9 Å². The summed E-state index contributed by atoms with van der Waals surface area (Å²) < 4.78 is 0. The van der Waals surface area contributed by atoms with Gasteiger partial charge in [0.05, 0.1) is 0 Å². The molecule has 1 heterocycles. The minimum Gasteiger partial charge on any atom is -0.314 e. The van der Waals surface area contributed by atoms with E-state index in [-0.39, 0.29) is 0 Å². The lowest BCUT2D eigenvalue weighted by Crippen LogP contribution is -2.30. The van der Waals surface area contributed by atoms with Crippen LogP contribution >= 0.6 is 0 Å². The fourth-order valence-corrected chi connectivity index (χ4v) is 1.99. The van der Waals surface area contributed by atoms with Gasteiger partial charge in [0, 0.05) is 18.4 Å². The van der Waals surface area contributed by atoms with E-state index in [9.17, 15) is 0 Å². The summed E-state index contributed by atoms with van der Waals surface area (Å²) in [4.78, 5) is 4.11. The van der Waals surface area contributed by atoms with Gasteiger partial charge < -0.3 is 5.32 Å². The zero-order valence-electron chi connectivity index (χ0n) is 10.8. The molecule has 0 aliphatic heterocycles. The number of nitrogens with zero attached hydrogens (tertiary/aromatic N) is 1. The predicted octanol–water partition coefficient (Wildman–Crippen LogP) is 3.10. The van der Waals surface area contributed by atoms with Crippen molar-refractivity contribution >= 4 is 0 Å². The Labute approximate surface area is 99.5 Å². The third kappa shape index (κ3) is 4.31. The Hall–Kier alpha value is -0.890. The number of aryl methyl sites for hydroxylation is 1. The smallest absolute Gasteiger partial charge is 0.0299 e. The van der Waals surface area contributed by atoms with Crippen LogP contribution in [0.4, 0.5) is 0 Å². The van der Waals surface area contributed by atoms with E-state index in [0.29, 0.717) is 6.04 Å². The highest BCUT2D eigenvalue weighted by Crippen LogP contribution is 2.06. The summed E-state index contributed by atoms with van der Waals surface area (Å²) in [5.41, 5.74) is 2.71. The number of nitrogens with one attached hydrogen (secondary N) is 1. The van der Waals surface area contributed by atoms with Gasteiger partial charge in [0.25, 0.3) is 0 Å². The molecule has 0 bridgehead atoms. The summed E-state index contributed by atoms with van der Waals surface area (Å²) in [6.45, 7) is 7.71. The van der Waals surface area contributed by atoms with E-state index >= 15 is 0 Å². The molecule has 0 aliphatic carbocycles. The number of aromatic nitrogens is 1. The van der Waals surface area contributed by atoms with Gasteiger partial charge in [-0.15, -0.1) is 0 Å². The maximum absolute atomic E-state index is 4.11. The fourth-order valence-electron chi connectivity index (χ4n) is 1.99. The van der Waals surface area contributed by atoms with E-state index in [1.165, 1.54) is 30.4 Å². The van der Waals surface area contributed by atoms with E-state index in [2.05, 4.69) is 37.1 Å². The lowest BCUT2D eigenvalue weighted by molar-refractivity contribution is 0.466. The summed E-state index contributed by atoms with van der Waals surface area (Å²) in [6, 6.07) is 2.81. The zero-order chi connectivity index (χ0) is 11.8. The van der Waals surface area contributed by atoms with Gasteiger partial charge in [0.15, 0.2) is 0 Å². The van der Waals surface area contributed by atoms with Crippen molar-refractivity contribution in [2.75, 3.05) is 6.54 Å². The molecule has 2 heteroatoms. The summed E-state index contributed by atoms with van der Waals surface area (Å²) in [5, 5.41) is 3.63. The first-order chi connectivity index (χ1) is 7.77. The van der Waals surface area contributed by atoms with Crippen molar-refractivity contribution in [1.82, 2.24) is 10.3 Å². The minimum atomic E-state index is 0.687. The largest absolute Gasteiger partial charge is 0.314 e. The van der Waals surface area contributed by atoms with Crippen molar-refractivity contribution in [3.63, 3.8) is 0 Å². The Morgan fingerprint density at radius 3 is 2.81 bits per heavy atom. The third-order valence-electron chi connectivity index (χ3n) is 3.09. The normalized spacial score (nSPS) is 12.7. The molecule has 1 unspecified atom stereocenters. The summed E-state index contributed by atoms with van der Waals surface area (Å²) >= 11 is 0. The molecule has 0 radical (unpaired) electrons. The summed E-state index contributed by atoms with van der Waals surface area (Å²) in [7, 11) is 0. The van der Waals surface area contributed by atoms with Crippen molar-refractivity contribution in [1.29, 1.82) is 0 Å². The molecule has 0 fully saturated rings. The maximum atomic E-state index is 4.11. The van der Waals surface area contributed by atoms with Crippen LogP contribution in [0.5, 0.6) is 0 Å². The summed E-state index contributed by atoms with van der Waals surface area (Å²) in [6.07, 6.45) is 8.70. The van der Waals surface area contributed by atoms with Crippen LogP contribution in [0, 0.1) is 6.92 Å². The maximum Gasteiger partial charge on any atom is 0.0299 e. The predicted molar refractivity (Wildman–Crippen MR) is 69.7 cm³/mol. The van der Waals surface area contributed by atoms with Crippen molar-refractivity contribution in [2.24, 2.45) is 0 Å². The van der Waals surface area contributed by atoms with Gasteiger partial charge in [0.2, 0.25) is 0 Å². The minimum absolute atomic E-state index is 0.687. The highest BCUT2D eigenvalue weighted by molar-refractivity contribution is 5.21. The molecule has 1 aromatic rings. The molecule has 0 saturated heterocycles. The molecule has 90 valence electrons. The highest BCUT2D eigenvalue weighted by atomic mass is 14.9. The lowest BCUT2D eigenvalue weighted by atomic mass is 10.1. The van der Waals surface area contributed by atoms with Crippen LogP contribution in [0.1, 0.15) is 44.2 Å². The molecule has 1 rings (SSSR count). The highest BCUT2D eigenvalue weighted by Gasteiger charge is 2.04. The monoisotopic (exact) mass is 220 g/mol. The van der Waals surface area contributed by atoms with Crippen LogP contribution in [0.2, 0.25) is 0 Å². The summed E-state index contributed by atoms with van der Waals surface area (Å²) in [5.74, 6) is 0. The molecule has 0 aliphatic rings. The number of rotatable bonds is 7. The molecule has 2 nitrogen and oxygen atoms in total. The van der Waals surface area contributed by atoms with Gasteiger partial charge in [-0.3, -0.25) is 4.98 Å². The molecule has 1 aromatic heterocycles. The zero-order valence-corrected chi connectivity index (χ0v) is 10.8. The van der Waals surface area contributed by atoms with E-state index < -0.39 is 0 Å². The SMILES string of the molecule is CCCC(CC)NCCc1ccncc1C. The fraction of sp³-hybridized carbons (Fsp3) is 0.643. The van der Waals surface area contributed by atoms with Crippen LogP contribution in [0.15, 0.2) is 18.5 Å². The van der Waals surface area contributed by atoms with Gasteiger partial charge in [0.1, 0.15) is 0 Å². The standard InChI is InChI=1S/C14H24N2/c1-4-6-14(5-2)16-10-8-13-7-9-15-11-12(13)3/h7,9,11,14,16H,4-6,8,10H2,1-3H3. The molecule has 0 amide bonds. The van der Waals surface area contributed by atoms with Crippen LogP contribution in [0.25, 0.3) is 0 Å². The molecule has 0 spiro atoms. The molecule has 0 saturated carbocycles. The quantitative estimate of drug-likeness (QED) is 0.763. The van der Waals surface area contributed by atoms with Crippen molar-refractivity contribution in [3.8, 4) is 0 Å². The molecular weight excluding hydrogens is 196 g/mol. The molecule has 1 atom stereocenters. The van der Waals surface area contributed by atoms with Gasteiger partial charge in [-0.2, -0.15) is 0 Å². The topological polar surface area (TPSA) is 24.9 Å². The van der Waals surface area contributed by atoms with E-state index in [1.54, 1.807) is 0 Å². The Bertz CT molecular complexity index is 297. The Morgan fingerprint density at radius 1 is 1.38 bits per heavy atom. The first-order valence-electron chi connectivity index (χ1n) is 6.40. The third-order valence-corrected chi connectivity index (χ3v) is 3.09. The lowest BCUT2D eigenvalue weighted by Gasteiger charge is -2.16. The van der Waals surface area contributed by atoms with Crippen LogP contribution < -0.4 is 5.32 Å². The number of hydrogen-bond acceptors (Lipinski definition) is 2. The van der Waals surface area contributed by atoms with Crippen molar-refractivity contribution < 1.29 is 0 Å². The second kappa shape index (κ2) is 7.39. The van der Waals surface area contributed by atoms with Crippen LogP contribution in [-0.4, -0.2) is 17.6 Å². The molecule has 0 aromatic carbocycles. The van der Waals surface area contributed by atoms with E-state index in [4.69, 9.17) is 0 Å². The van der Waals surface area contributed by atoms with Gasteiger partial charge in [-0.25, -0.2) is 0 Å². The van der Waals surface area contributed by atoms with Crippen LogP contribution in [0.3, 0.4) is 0 Å². The van der Waals surface area contributed by atoms with Crippen molar-refractivity contribution in [2.45, 2.75) is 52.5 Å². The van der Waals surface area contributed by atoms with Gasteiger partial charge in [-0.1, -0.05) is 20.3 Å². The average Bonchev–Trinajstić information content (AvgIpc) is 2.30.